The fourth-order valence-corrected chi connectivity index (χ4v) is 7.13. The van der Waals surface area contributed by atoms with Gasteiger partial charge in [-0.3, -0.25) is 0 Å². The van der Waals surface area contributed by atoms with E-state index in [1.165, 1.54) is 51.2 Å². The summed E-state index contributed by atoms with van der Waals surface area (Å²) in [5, 5.41) is 6.77. The molecule has 4 aliphatic rings. The molecule has 4 fully saturated rings. The van der Waals surface area contributed by atoms with E-state index < -0.39 is 5.97 Å². The van der Waals surface area contributed by atoms with Crippen LogP contribution in [0.1, 0.15) is 54.4 Å². The summed E-state index contributed by atoms with van der Waals surface area (Å²) in [7, 11) is 1.37. The zero-order valence-electron chi connectivity index (χ0n) is 19.6. The number of aromatic nitrogens is 1. The average molecular weight is 454 g/mol. The average Bonchev–Trinajstić information content (AvgIpc) is 2.84. The van der Waals surface area contributed by atoms with Gasteiger partial charge in [-0.25, -0.2) is 9.78 Å². The highest BCUT2D eigenvalue weighted by atomic mass is 16.5. The normalized spacial score (nSPS) is 26.8. The maximum absolute atomic E-state index is 12.0. The summed E-state index contributed by atoms with van der Waals surface area (Å²) in [6.45, 7) is 0. The van der Waals surface area contributed by atoms with Crippen LogP contribution in [0.25, 0.3) is 0 Å². The van der Waals surface area contributed by atoms with Crippen LogP contribution in [0.4, 0.5) is 22.9 Å². The summed E-state index contributed by atoms with van der Waals surface area (Å²) >= 11 is 0. The first kappa shape index (κ1) is 21.2. The molecule has 5 nitrogen and oxygen atoms in total. The van der Waals surface area contributed by atoms with Crippen LogP contribution < -0.4 is 10.6 Å². The Bertz CT molecular complexity index is 1170. The van der Waals surface area contributed by atoms with E-state index in [1.54, 1.807) is 18.3 Å². The molecule has 174 valence electrons. The van der Waals surface area contributed by atoms with Crippen LogP contribution in [0.2, 0.25) is 0 Å². The Hall–Kier alpha value is -3.34. The molecule has 7 rings (SSSR count). The number of esters is 1. The number of carbonyl (C=O) groups is 1. The summed E-state index contributed by atoms with van der Waals surface area (Å²) in [5.74, 6) is 2.93. The minimum atomic E-state index is -0.413. The van der Waals surface area contributed by atoms with Gasteiger partial charge in [0, 0.05) is 23.3 Å². The number of benzene rings is 2. The number of nitrogens with one attached hydrogen (secondary N) is 2. The fraction of sp³-hybridized carbons (Fsp3) is 0.379. The van der Waals surface area contributed by atoms with Gasteiger partial charge < -0.3 is 15.4 Å². The molecular weight excluding hydrogens is 422 g/mol. The first-order valence-electron chi connectivity index (χ1n) is 12.4. The standard InChI is InChI=1S/C29H31N3O2/c1-34-28(33)26-6-3-11-30-27(26)32-25-5-2-4-24(15-25)31-23-9-7-22(8-10-23)29-16-19-12-20(17-29)14-21(13-19)18-29/h2-11,15,19-21,31H,12-14,16-18H2,1H3,(H,30,32). The number of anilines is 4. The van der Waals surface area contributed by atoms with Gasteiger partial charge >= 0.3 is 5.97 Å². The molecule has 4 bridgehead atoms. The highest BCUT2D eigenvalue weighted by Gasteiger charge is 2.51. The van der Waals surface area contributed by atoms with Gasteiger partial charge in [0.25, 0.3) is 0 Å². The van der Waals surface area contributed by atoms with Crippen LogP contribution in [0.15, 0.2) is 66.9 Å². The molecule has 2 N–H and O–H groups in total. The lowest BCUT2D eigenvalue weighted by Crippen LogP contribution is -2.48. The molecule has 2 aromatic carbocycles. The summed E-state index contributed by atoms with van der Waals surface area (Å²) in [5.41, 5.74) is 5.28. The lowest BCUT2D eigenvalue weighted by Gasteiger charge is -2.57. The second-order valence-electron chi connectivity index (χ2n) is 10.5. The van der Waals surface area contributed by atoms with Gasteiger partial charge in [0.2, 0.25) is 0 Å². The van der Waals surface area contributed by atoms with Crippen molar-refractivity contribution >= 4 is 28.8 Å². The summed E-state index contributed by atoms with van der Waals surface area (Å²) in [6.07, 6.45) is 10.2. The molecule has 4 aliphatic carbocycles. The Labute approximate surface area is 201 Å². The van der Waals surface area contributed by atoms with E-state index in [0.29, 0.717) is 16.8 Å². The minimum absolute atomic E-state index is 0.406. The lowest BCUT2D eigenvalue weighted by atomic mass is 9.48. The van der Waals surface area contributed by atoms with Crippen LogP contribution in [-0.2, 0) is 10.2 Å². The Kier molecular flexibility index (Phi) is 5.28. The molecule has 0 unspecified atom stereocenters. The van der Waals surface area contributed by atoms with Crippen LogP contribution in [-0.4, -0.2) is 18.1 Å². The van der Waals surface area contributed by atoms with Gasteiger partial charge in [-0.2, -0.15) is 0 Å². The van der Waals surface area contributed by atoms with Crippen molar-refractivity contribution in [3.63, 3.8) is 0 Å². The SMILES string of the molecule is COC(=O)c1cccnc1Nc1cccc(Nc2ccc(C34CC5CC(CC(C5)C3)C4)cc2)c1. The molecule has 5 heteroatoms. The third kappa shape index (κ3) is 3.93. The second kappa shape index (κ2) is 8.46. The Morgan fingerprint density at radius 3 is 2.15 bits per heavy atom. The first-order chi connectivity index (χ1) is 16.6. The van der Waals surface area contributed by atoms with Gasteiger partial charge in [0.1, 0.15) is 11.4 Å². The minimum Gasteiger partial charge on any atom is -0.465 e. The summed E-state index contributed by atoms with van der Waals surface area (Å²) < 4.78 is 4.87. The molecule has 4 saturated carbocycles. The fourth-order valence-electron chi connectivity index (χ4n) is 7.13. The van der Waals surface area contributed by atoms with Crippen molar-refractivity contribution in [2.45, 2.75) is 43.9 Å². The van der Waals surface area contributed by atoms with Crippen molar-refractivity contribution in [3.8, 4) is 0 Å². The van der Waals surface area contributed by atoms with Gasteiger partial charge in [-0.05, 0) is 110 Å². The number of rotatable bonds is 6. The molecule has 1 heterocycles. The van der Waals surface area contributed by atoms with E-state index >= 15 is 0 Å². The Morgan fingerprint density at radius 2 is 1.50 bits per heavy atom. The van der Waals surface area contributed by atoms with Crippen molar-refractivity contribution in [3.05, 3.63) is 78.0 Å². The van der Waals surface area contributed by atoms with Gasteiger partial charge in [0.15, 0.2) is 0 Å². The van der Waals surface area contributed by atoms with E-state index in [-0.39, 0.29) is 0 Å². The lowest BCUT2D eigenvalue weighted by molar-refractivity contribution is -0.00518. The number of carbonyl (C=O) groups excluding carboxylic acids is 1. The van der Waals surface area contributed by atoms with Crippen molar-refractivity contribution in [2.24, 2.45) is 17.8 Å². The van der Waals surface area contributed by atoms with Crippen molar-refractivity contribution in [1.29, 1.82) is 0 Å². The molecule has 0 saturated heterocycles. The monoisotopic (exact) mass is 453 g/mol. The maximum Gasteiger partial charge on any atom is 0.341 e. The number of hydrogen-bond donors (Lipinski definition) is 2. The number of nitrogens with zero attached hydrogens (tertiary/aromatic N) is 1. The first-order valence-corrected chi connectivity index (χ1v) is 12.4. The highest BCUT2D eigenvalue weighted by molar-refractivity contribution is 5.95. The van der Waals surface area contributed by atoms with Crippen LogP contribution >= 0.6 is 0 Å². The number of methoxy groups -OCH3 is 1. The number of ether oxygens (including phenoxy) is 1. The predicted octanol–water partition coefficient (Wildman–Crippen LogP) is 6.82. The quantitative estimate of drug-likeness (QED) is 0.401. The van der Waals surface area contributed by atoms with Gasteiger partial charge in [-0.1, -0.05) is 18.2 Å². The van der Waals surface area contributed by atoms with Crippen LogP contribution in [0.3, 0.4) is 0 Å². The van der Waals surface area contributed by atoms with Crippen LogP contribution in [0, 0.1) is 17.8 Å². The van der Waals surface area contributed by atoms with Crippen molar-refractivity contribution < 1.29 is 9.53 Å². The molecule has 0 amide bonds. The summed E-state index contributed by atoms with van der Waals surface area (Å²) in [4.78, 5) is 16.4. The smallest absolute Gasteiger partial charge is 0.341 e. The van der Waals surface area contributed by atoms with E-state index in [1.807, 2.05) is 24.3 Å². The zero-order chi connectivity index (χ0) is 23.1. The molecule has 0 atom stereocenters. The Morgan fingerprint density at radius 1 is 0.853 bits per heavy atom. The van der Waals surface area contributed by atoms with Crippen molar-refractivity contribution in [1.82, 2.24) is 4.98 Å². The third-order valence-corrected chi connectivity index (χ3v) is 8.16. The van der Waals surface area contributed by atoms with Crippen molar-refractivity contribution in [2.75, 3.05) is 17.7 Å². The van der Waals surface area contributed by atoms with E-state index in [0.717, 1.165) is 34.8 Å². The Balaban J connectivity index is 1.17. The molecule has 3 aromatic rings. The number of pyridine rings is 1. The molecule has 1 aromatic heterocycles. The van der Waals surface area contributed by atoms with E-state index in [4.69, 9.17) is 4.74 Å². The molecule has 0 aliphatic heterocycles. The predicted molar refractivity (Wildman–Crippen MR) is 135 cm³/mol. The number of hydrogen-bond acceptors (Lipinski definition) is 5. The topological polar surface area (TPSA) is 63.2 Å². The summed E-state index contributed by atoms with van der Waals surface area (Å²) in [6, 6.07) is 20.6. The van der Waals surface area contributed by atoms with Gasteiger partial charge in [0.05, 0.1) is 7.11 Å². The van der Waals surface area contributed by atoms with E-state index in [2.05, 4.69) is 39.9 Å². The van der Waals surface area contributed by atoms with E-state index in [9.17, 15) is 4.79 Å². The van der Waals surface area contributed by atoms with Gasteiger partial charge in [-0.15, -0.1) is 0 Å². The third-order valence-electron chi connectivity index (χ3n) is 8.16. The molecule has 34 heavy (non-hydrogen) atoms. The second-order valence-corrected chi connectivity index (χ2v) is 10.5. The molecule has 0 radical (unpaired) electrons. The highest BCUT2D eigenvalue weighted by Crippen LogP contribution is 2.60. The molecule has 0 spiro atoms. The van der Waals surface area contributed by atoms with Crippen LogP contribution in [0.5, 0.6) is 0 Å². The maximum atomic E-state index is 12.0. The molecular formula is C29H31N3O2. The zero-order valence-corrected chi connectivity index (χ0v) is 19.6. The largest absolute Gasteiger partial charge is 0.465 e.